The average molecular weight is 1190 g/mol. The summed E-state index contributed by atoms with van der Waals surface area (Å²) in [5.41, 5.74) is 5.40. The number of carbonyl (C=O) groups excluding carboxylic acids is 2. The fourth-order valence-electron chi connectivity index (χ4n) is 10.6. The monoisotopic (exact) mass is 1190 g/mol. The third-order valence-electron chi connectivity index (χ3n) is 15.9. The first-order valence-electron chi connectivity index (χ1n) is 35.8. The molecule has 83 heavy (non-hydrogen) atoms. The summed E-state index contributed by atoms with van der Waals surface area (Å²) in [4.78, 5) is 35.3. The van der Waals surface area contributed by atoms with Gasteiger partial charge in [-0.2, -0.15) is 0 Å². The van der Waals surface area contributed by atoms with Crippen molar-refractivity contribution in [2.24, 2.45) is 5.73 Å². The Hall–Kier alpha value is -2.29. The van der Waals surface area contributed by atoms with E-state index in [1.165, 1.54) is 250 Å². The van der Waals surface area contributed by atoms with E-state index in [2.05, 4.69) is 74.6 Å². The predicted octanol–water partition coefficient (Wildman–Crippen LogP) is 23.4. The Labute approximate surface area is 514 Å². The summed E-state index contributed by atoms with van der Waals surface area (Å²) in [6.45, 7) is 3.75. The lowest BCUT2D eigenvalue weighted by Crippen LogP contribution is -2.29. The van der Waals surface area contributed by atoms with Gasteiger partial charge in [0.1, 0.15) is 6.61 Å². The van der Waals surface area contributed by atoms with E-state index >= 15 is 0 Å². The molecule has 0 spiro atoms. The maximum absolute atomic E-state index is 12.7. The highest BCUT2D eigenvalue weighted by Crippen LogP contribution is 2.43. The second kappa shape index (κ2) is 68.8. The van der Waals surface area contributed by atoms with Crippen LogP contribution in [0.2, 0.25) is 0 Å². The number of hydrogen-bond acceptors (Lipinski definition) is 8. The standard InChI is InChI=1S/C73H136NO8P/c1-3-5-7-9-11-13-15-17-19-21-23-25-26-27-28-29-30-31-32-33-34-35-36-37-38-39-40-41-42-43-44-46-47-49-51-53-55-57-59-61-63-65-72(75)79-69-71(70-81-83(77,78)80-68-67-74)82-73(76)66-64-62-60-58-56-54-52-50-48-45-24-22-20-18-16-14-12-10-8-6-4-2/h15-18,21-24,48,50,71H,3-14,19-20,25-47,49,51-70,74H2,1-2H3,(H,77,78)/b17-15-,18-16-,23-21-,24-22-,50-48-. The topological polar surface area (TPSA) is 134 Å². The lowest BCUT2D eigenvalue weighted by atomic mass is 10.0. The number of ether oxygens (including phenoxy) is 2. The van der Waals surface area contributed by atoms with Crippen LogP contribution in [0.3, 0.4) is 0 Å². The number of hydrogen-bond donors (Lipinski definition) is 2. The van der Waals surface area contributed by atoms with Gasteiger partial charge in [-0.25, -0.2) is 4.57 Å². The normalized spacial score (nSPS) is 13.3. The summed E-state index contributed by atoms with van der Waals surface area (Å²) in [6, 6.07) is 0. The van der Waals surface area contributed by atoms with Crippen molar-refractivity contribution in [3.05, 3.63) is 60.8 Å². The molecule has 0 radical (unpaired) electrons. The highest BCUT2D eigenvalue weighted by molar-refractivity contribution is 7.47. The van der Waals surface area contributed by atoms with Crippen LogP contribution >= 0.6 is 7.82 Å². The van der Waals surface area contributed by atoms with E-state index in [1.54, 1.807) is 0 Å². The van der Waals surface area contributed by atoms with E-state index in [0.29, 0.717) is 6.42 Å². The molecule has 0 aromatic heterocycles. The number of allylic oxidation sites excluding steroid dienone is 10. The van der Waals surface area contributed by atoms with Crippen molar-refractivity contribution in [1.29, 1.82) is 0 Å². The van der Waals surface area contributed by atoms with Gasteiger partial charge in [0.15, 0.2) is 6.10 Å². The van der Waals surface area contributed by atoms with Crippen LogP contribution in [0.5, 0.6) is 0 Å². The van der Waals surface area contributed by atoms with E-state index in [9.17, 15) is 19.0 Å². The molecule has 0 amide bonds. The van der Waals surface area contributed by atoms with Gasteiger partial charge in [-0.1, -0.05) is 325 Å². The first kappa shape index (κ1) is 80.7. The van der Waals surface area contributed by atoms with Gasteiger partial charge in [-0.15, -0.1) is 0 Å². The Morgan fingerprint density at radius 3 is 0.928 bits per heavy atom. The molecule has 0 saturated carbocycles. The van der Waals surface area contributed by atoms with Crippen molar-refractivity contribution >= 4 is 19.8 Å². The van der Waals surface area contributed by atoms with Gasteiger partial charge in [0.25, 0.3) is 0 Å². The molecular formula is C73H136NO8P. The first-order valence-corrected chi connectivity index (χ1v) is 37.3. The number of rotatable bonds is 68. The van der Waals surface area contributed by atoms with Crippen LogP contribution < -0.4 is 5.73 Å². The molecule has 9 nitrogen and oxygen atoms in total. The molecule has 0 aromatic carbocycles. The van der Waals surface area contributed by atoms with Crippen LogP contribution in [0.15, 0.2) is 60.8 Å². The van der Waals surface area contributed by atoms with Crippen molar-refractivity contribution in [2.45, 2.75) is 367 Å². The average Bonchev–Trinajstić information content (AvgIpc) is 3.49. The van der Waals surface area contributed by atoms with Gasteiger partial charge < -0.3 is 20.1 Å². The van der Waals surface area contributed by atoms with Gasteiger partial charge in [0, 0.05) is 19.4 Å². The number of carbonyl (C=O) groups is 2. The zero-order valence-corrected chi connectivity index (χ0v) is 55.6. The van der Waals surface area contributed by atoms with Gasteiger partial charge in [-0.05, 0) is 83.5 Å². The molecule has 0 aliphatic heterocycles. The molecule has 0 saturated heterocycles. The quantitative estimate of drug-likeness (QED) is 0.0264. The van der Waals surface area contributed by atoms with Crippen LogP contribution in [0, 0.1) is 0 Å². The molecule has 2 unspecified atom stereocenters. The van der Waals surface area contributed by atoms with E-state index in [4.69, 9.17) is 24.3 Å². The van der Waals surface area contributed by atoms with Crippen LogP contribution in [0.25, 0.3) is 0 Å². The maximum Gasteiger partial charge on any atom is 0.472 e. The molecule has 0 heterocycles. The smallest absolute Gasteiger partial charge is 0.462 e. The summed E-state index contributed by atoms with van der Waals surface area (Å²) in [5.74, 6) is -0.828. The number of unbranched alkanes of at least 4 members (excludes halogenated alkanes) is 45. The van der Waals surface area contributed by atoms with E-state index in [-0.39, 0.29) is 38.6 Å². The molecule has 2 atom stereocenters. The van der Waals surface area contributed by atoms with E-state index < -0.39 is 26.5 Å². The molecule has 0 rings (SSSR count). The number of phosphoric ester groups is 1. The first-order chi connectivity index (χ1) is 40.8. The number of nitrogens with two attached hydrogens (primary N) is 1. The number of esters is 2. The van der Waals surface area contributed by atoms with Crippen LogP contribution in [0.4, 0.5) is 0 Å². The molecule has 0 aliphatic rings. The molecule has 0 aliphatic carbocycles. The SMILES string of the molecule is CCCCCCC/C=C\C/C=C\C/C=C\CCCCCCCCC(=O)OC(COC(=O)CCCCCCCCCCCCCCCCCCCCCCCCCCCCCCC/C=C\C/C=C\CCCCCCC)COP(=O)(O)OCCN. The van der Waals surface area contributed by atoms with Crippen molar-refractivity contribution in [1.82, 2.24) is 0 Å². The Balaban J connectivity index is 3.76. The van der Waals surface area contributed by atoms with Gasteiger partial charge in [0.2, 0.25) is 0 Å². The minimum absolute atomic E-state index is 0.0510. The van der Waals surface area contributed by atoms with Crippen LogP contribution in [-0.4, -0.2) is 49.3 Å². The third kappa shape index (κ3) is 68.7. The highest BCUT2D eigenvalue weighted by Gasteiger charge is 2.26. The summed E-state index contributed by atoms with van der Waals surface area (Å²) >= 11 is 0. The maximum atomic E-state index is 12.7. The summed E-state index contributed by atoms with van der Waals surface area (Å²) in [5, 5.41) is 0. The lowest BCUT2D eigenvalue weighted by Gasteiger charge is -2.19. The van der Waals surface area contributed by atoms with Crippen LogP contribution in [0.1, 0.15) is 361 Å². The lowest BCUT2D eigenvalue weighted by molar-refractivity contribution is -0.161. The number of phosphoric acid groups is 1. The molecule has 0 aromatic rings. The minimum Gasteiger partial charge on any atom is -0.462 e. The molecule has 3 N–H and O–H groups in total. The third-order valence-corrected chi connectivity index (χ3v) is 16.9. The fourth-order valence-corrected chi connectivity index (χ4v) is 11.3. The predicted molar refractivity (Wildman–Crippen MR) is 358 cm³/mol. The summed E-state index contributed by atoms with van der Waals surface area (Å²) in [6.07, 6.45) is 89.1. The van der Waals surface area contributed by atoms with Crippen LogP contribution in [-0.2, 0) is 32.7 Å². The van der Waals surface area contributed by atoms with Gasteiger partial charge >= 0.3 is 19.8 Å². The van der Waals surface area contributed by atoms with E-state index in [0.717, 1.165) is 77.0 Å². The molecular weight excluding hydrogens is 1050 g/mol. The molecule has 0 fully saturated rings. The minimum atomic E-state index is -4.40. The van der Waals surface area contributed by atoms with Gasteiger partial charge in [0.05, 0.1) is 13.2 Å². The Bertz CT molecular complexity index is 1540. The van der Waals surface area contributed by atoms with Crippen molar-refractivity contribution in [3.8, 4) is 0 Å². The Morgan fingerprint density at radius 1 is 0.361 bits per heavy atom. The summed E-state index contributed by atoms with van der Waals surface area (Å²) < 4.78 is 33.1. The van der Waals surface area contributed by atoms with Gasteiger partial charge in [-0.3, -0.25) is 18.6 Å². The largest absolute Gasteiger partial charge is 0.472 e. The van der Waals surface area contributed by atoms with Crippen molar-refractivity contribution in [2.75, 3.05) is 26.4 Å². The van der Waals surface area contributed by atoms with Crippen molar-refractivity contribution < 1.29 is 37.6 Å². The highest BCUT2D eigenvalue weighted by atomic mass is 31.2. The Kier molecular flexibility index (Phi) is 66.9. The fraction of sp³-hybridized carbons (Fsp3) is 0.836. The summed E-state index contributed by atoms with van der Waals surface area (Å²) in [7, 11) is -4.40. The Morgan fingerprint density at radius 2 is 0.627 bits per heavy atom. The van der Waals surface area contributed by atoms with E-state index in [1.807, 2.05) is 0 Å². The molecule has 0 bridgehead atoms. The zero-order chi connectivity index (χ0) is 60.1. The second-order valence-electron chi connectivity index (χ2n) is 24.1. The van der Waals surface area contributed by atoms with Crippen molar-refractivity contribution in [3.63, 3.8) is 0 Å². The molecule has 10 heteroatoms. The zero-order valence-electron chi connectivity index (χ0n) is 54.7. The second-order valence-corrected chi connectivity index (χ2v) is 25.6. The molecule has 486 valence electrons.